The van der Waals surface area contributed by atoms with Crippen molar-refractivity contribution in [3.8, 4) is 72.7 Å². The van der Waals surface area contributed by atoms with Crippen LogP contribution >= 0.6 is 0 Å². The molecule has 498 valence electrons. The molecule has 0 radical (unpaired) electrons. The maximum absolute atomic E-state index is 10.2. The summed E-state index contributed by atoms with van der Waals surface area (Å²) in [5.74, 6) is 0. The number of rotatable bonds is 10. The van der Waals surface area contributed by atoms with E-state index in [-0.39, 0.29) is 61.6 Å². The van der Waals surface area contributed by atoms with E-state index in [1.54, 1.807) is 10.6 Å². The summed E-state index contributed by atoms with van der Waals surface area (Å²) >= 11 is 0. The predicted molar refractivity (Wildman–Crippen MR) is 449 cm³/mol. The normalized spacial score (nSPS) is 14.9. The molecule has 3 aromatic heterocycles. The summed E-state index contributed by atoms with van der Waals surface area (Å²) in [4.78, 5) is 4.33. The average Bonchev–Trinajstić information content (AvgIpc) is 1.63. The Morgan fingerprint density at radius 1 is 0.264 bits per heavy atom. The predicted octanol–water partition coefficient (Wildman–Crippen LogP) is 24.7. The summed E-state index contributed by atoms with van der Waals surface area (Å²) in [6.45, 7) is 5.61. The molecule has 0 saturated carbocycles. The molecule has 19 aromatic rings. The molecule has 106 heavy (non-hydrogen) atoms. The highest BCUT2D eigenvalue weighted by molar-refractivity contribution is 7.00. The molecule has 5 nitrogen and oxygen atoms in total. The Kier molecular flexibility index (Phi) is 10.5. The second-order valence-corrected chi connectivity index (χ2v) is 28.3. The molecule has 2 aliphatic rings. The molecule has 0 aliphatic carbocycles. The van der Waals surface area contributed by atoms with Crippen LogP contribution in [-0.4, -0.2) is 20.4 Å². The fourth-order valence-electron chi connectivity index (χ4n) is 16.6. The van der Waals surface area contributed by atoms with Crippen LogP contribution in [0.15, 0.2) is 370 Å². The van der Waals surface area contributed by atoms with Gasteiger partial charge in [0.25, 0.3) is 6.71 Å². The number of anilines is 6. The highest BCUT2D eigenvalue weighted by Crippen LogP contribution is 2.54. The SMILES string of the molecule is [2H]c1c([2H])c([2H])c(-c2ccc3c(c2)N(c2c(-c4ccccc4)cc(C(C)(C)C)cc2-c2ccccc2)c2cc(-n4c5c([2H])c([2H])c([2H])c([2H])c5c5c([2H])c([2H])c([2H])c([2H])c54)cc4c2B3c2ccc(-n3c5ccc(-n6c7ccccc7c7ccccc76)cc5c5c([2H])c([2H])c([2H])c([2H])c53)cc2N4c2cc(-c3ccccc3)cc(-c3ccccc3)c2)c([2H])c1[2H]. The first-order valence-corrected chi connectivity index (χ1v) is 35.5. The largest absolute Gasteiger partial charge is 0.311 e. The van der Waals surface area contributed by atoms with Gasteiger partial charge in [-0.2, -0.15) is 0 Å². The van der Waals surface area contributed by atoms with Crippen molar-refractivity contribution < 1.29 is 23.3 Å². The minimum absolute atomic E-state index is 0.0640. The van der Waals surface area contributed by atoms with Crippen LogP contribution in [-0.2, 0) is 5.41 Å². The van der Waals surface area contributed by atoms with Crippen molar-refractivity contribution in [2.75, 3.05) is 9.80 Å². The second-order valence-electron chi connectivity index (χ2n) is 28.3. The zero-order chi connectivity index (χ0) is 85.1. The van der Waals surface area contributed by atoms with Gasteiger partial charge >= 0.3 is 0 Å². The molecule has 0 atom stereocenters. The fraction of sp³-hybridized carbons (Fsp3) is 0.0400. The quantitative estimate of drug-likeness (QED) is 0.127. The maximum Gasteiger partial charge on any atom is 0.252 e. The van der Waals surface area contributed by atoms with Gasteiger partial charge in [-0.3, -0.25) is 0 Å². The molecule has 0 N–H and O–H groups in total. The number of fused-ring (bicyclic) bond motifs is 13. The monoisotopic (exact) mass is 1370 g/mol. The van der Waals surface area contributed by atoms with E-state index in [2.05, 4.69) is 95.8 Å². The summed E-state index contributed by atoms with van der Waals surface area (Å²) in [5.41, 5.74) is 16.3. The van der Waals surface area contributed by atoms with Crippen LogP contribution in [0.2, 0.25) is 0 Å². The van der Waals surface area contributed by atoms with Crippen molar-refractivity contribution in [1.82, 2.24) is 13.7 Å². The lowest BCUT2D eigenvalue weighted by Crippen LogP contribution is -2.61. The highest BCUT2D eigenvalue weighted by atomic mass is 15.2. The van der Waals surface area contributed by atoms with Crippen molar-refractivity contribution in [1.29, 1.82) is 0 Å². The first-order chi connectivity index (χ1) is 59.3. The topological polar surface area (TPSA) is 21.3 Å². The van der Waals surface area contributed by atoms with E-state index in [4.69, 9.17) is 1.37 Å². The van der Waals surface area contributed by atoms with Crippen molar-refractivity contribution in [3.05, 3.63) is 375 Å². The number of aromatic nitrogens is 3. The van der Waals surface area contributed by atoms with Crippen LogP contribution in [0.25, 0.3) is 138 Å². The molecule has 0 saturated heterocycles. The minimum atomic E-state index is -0.859. The first-order valence-electron chi connectivity index (χ1n) is 44.0. The van der Waals surface area contributed by atoms with Crippen molar-refractivity contribution >= 4 is 123 Å². The number of hydrogen-bond donors (Lipinski definition) is 0. The molecule has 5 heterocycles. The number of hydrogen-bond acceptors (Lipinski definition) is 2. The van der Waals surface area contributed by atoms with Crippen molar-refractivity contribution in [2.24, 2.45) is 0 Å². The Bertz CT molecular complexity index is 7560. The van der Waals surface area contributed by atoms with Crippen molar-refractivity contribution in [2.45, 2.75) is 26.2 Å². The van der Waals surface area contributed by atoms with Gasteiger partial charge in [0.15, 0.2) is 0 Å². The molecule has 0 fully saturated rings. The minimum Gasteiger partial charge on any atom is -0.311 e. The van der Waals surface area contributed by atoms with Gasteiger partial charge in [-0.1, -0.05) is 281 Å². The molecule has 0 bridgehead atoms. The lowest BCUT2D eigenvalue weighted by molar-refractivity contribution is 0.591. The van der Waals surface area contributed by atoms with Gasteiger partial charge in [0.1, 0.15) is 0 Å². The maximum atomic E-state index is 10.2. The first kappa shape index (κ1) is 46.2. The summed E-state index contributed by atoms with van der Waals surface area (Å²) in [5, 5.41) is 2.61. The third kappa shape index (κ3) is 9.64. The standard InChI is InChI=1S/C100H70BN5/c1-100(2,3)73-59-83(68-35-15-7-16-36-68)99(84(60-73)69-37-17-8-18-38-69)106-94-58-70(65-29-9-4-10-30-65)49-52-86(94)101-87-53-50-75(103-92-48-28-23-43-82(92)85-61-74(51-54-93(85)103)102-88-44-24-19-39-78(88)79-40-20-25-45-89(79)102)62-95(87)105(76-56-71(66-31-11-5-12-32-66)55-72(57-76)67-33-13-6-14-34-67)96-63-77(64-97(106)98(96)101)104-90-46-26-21-41-80(90)81-42-22-27-47-91(81)104/h4-64H,1-3H3/i4D,9D,10D,21D,22D,23D,26D,27D,28D,29D,30D,41D,42D,43D,46D,47D,48D. The summed E-state index contributed by atoms with van der Waals surface area (Å²) in [6, 6.07) is 80.2. The molecule has 0 amide bonds. The third-order valence-electron chi connectivity index (χ3n) is 21.4. The molecule has 2 aliphatic heterocycles. The van der Waals surface area contributed by atoms with Gasteiger partial charge in [-0.05, 0) is 181 Å². The van der Waals surface area contributed by atoms with Crippen LogP contribution in [0.5, 0.6) is 0 Å². The van der Waals surface area contributed by atoms with Crippen LogP contribution < -0.4 is 26.2 Å². The summed E-state index contributed by atoms with van der Waals surface area (Å²) < 4.78 is 169. The average molecular weight is 1370 g/mol. The Hall–Kier alpha value is -13.4. The van der Waals surface area contributed by atoms with Gasteiger partial charge in [-0.25, -0.2) is 0 Å². The lowest BCUT2D eigenvalue weighted by Gasteiger charge is -2.45. The lowest BCUT2D eigenvalue weighted by atomic mass is 9.33. The van der Waals surface area contributed by atoms with E-state index in [1.165, 1.54) is 0 Å². The Balaban J connectivity index is 0.969. The highest BCUT2D eigenvalue weighted by Gasteiger charge is 2.46. The molecule has 6 heteroatoms. The molecule has 0 unspecified atom stereocenters. The number of para-hydroxylation sites is 5. The van der Waals surface area contributed by atoms with Crippen LogP contribution in [0.1, 0.15) is 49.6 Å². The molecule has 21 rings (SSSR count). The smallest absolute Gasteiger partial charge is 0.252 e. The van der Waals surface area contributed by atoms with Crippen LogP contribution in [0.3, 0.4) is 0 Å². The third-order valence-corrected chi connectivity index (χ3v) is 21.4. The summed E-state index contributed by atoms with van der Waals surface area (Å²) in [7, 11) is 0. The van der Waals surface area contributed by atoms with E-state index >= 15 is 0 Å². The van der Waals surface area contributed by atoms with Gasteiger partial charge in [0, 0.05) is 83.3 Å². The van der Waals surface area contributed by atoms with Crippen molar-refractivity contribution in [3.63, 3.8) is 0 Å². The zero-order valence-corrected chi connectivity index (χ0v) is 57.7. The number of benzene rings is 16. The Morgan fingerprint density at radius 2 is 0.689 bits per heavy atom. The molecular formula is C100H70BN5. The Labute approximate surface area is 640 Å². The van der Waals surface area contributed by atoms with E-state index in [1.807, 2.05) is 205 Å². The van der Waals surface area contributed by atoms with E-state index in [9.17, 15) is 21.9 Å². The molecular weight excluding hydrogens is 1280 g/mol. The molecule has 16 aromatic carbocycles. The van der Waals surface area contributed by atoms with Gasteiger partial charge in [-0.15, -0.1) is 0 Å². The van der Waals surface area contributed by atoms with Crippen LogP contribution in [0, 0.1) is 0 Å². The van der Waals surface area contributed by atoms with E-state index in [0.29, 0.717) is 67.1 Å². The van der Waals surface area contributed by atoms with Gasteiger partial charge in [0.05, 0.1) is 67.8 Å². The zero-order valence-electron chi connectivity index (χ0n) is 74.7. The van der Waals surface area contributed by atoms with E-state index < -0.39 is 103 Å². The van der Waals surface area contributed by atoms with Gasteiger partial charge < -0.3 is 23.5 Å². The summed E-state index contributed by atoms with van der Waals surface area (Å²) in [6.07, 6.45) is 0. The fourth-order valence-corrected chi connectivity index (χ4v) is 16.6. The second kappa shape index (κ2) is 24.1. The Morgan fingerprint density at radius 3 is 1.25 bits per heavy atom. The van der Waals surface area contributed by atoms with Gasteiger partial charge in [0.2, 0.25) is 0 Å². The van der Waals surface area contributed by atoms with E-state index in [0.717, 1.165) is 77.6 Å². The van der Waals surface area contributed by atoms with Crippen LogP contribution in [0.4, 0.5) is 34.1 Å². The number of nitrogens with zero attached hydrogens (tertiary/aromatic N) is 5. The molecule has 0 spiro atoms.